The van der Waals surface area contributed by atoms with Crippen molar-refractivity contribution in [2.75, 3.05) is 19.6 Å². The molecule has 0 radical (unpaired) electrons. The molecule has 1 unspecified atom stereocenters. The van der Waals surface area contributed by atoms with Crippen LogP contribution in [0.5, 0.6) is 0 Å². The van der Waals surface area contributed by atoms with Crippen LogP contribution >= 0.6 is 11.3 Å². The SMILES string of the molecule is O=C(NCCC1CCCCC1)C1CCCN(S(=O)(=O)c2cccs2)C1. The molecule has 7 heteroatoms. The van der Waals surface area contributed by atoms with E-state index in [0.29, 0.717) is 17.3 Å². The number of piperidine rings is 1. The number of amides is 1. The van der Waals surface area contributed by atoms with Gasteiger partial charge in [0.2, 0.25) is 5.91 Å². The van der Waals surface area contributed by atoms with Crippen LogP contribution in [0.4, 0.5) is 0 Å². The summed E-state index contributed by atoms with van der Waals surface area (Å²) in [6.07, 6.45) is 9.11. The lowest BCUT2D eigenvalue weighted by Gasteiger charge is -2.31. The average Bonchev–Trinajstić information content (AvgIpc) is 3.18. The first-order chi connectivity index (χ1) is 12.1. The summed E-state index contributed by atoms with van der Waals surface area (Å²) in [5.74, 6) is 0.535. The Morgan fingerprint density at radius 2 is 2.00 bits per heavy atom. The van der Waals surface area contributed by atoms with E-state index in [4.69, 9.17) is 0 Å². The predicted octanol–water partition coefficient (Wildman–Crippen LogP) is 3.24. The highest BCUT2D eigenvalue weighted by Gasteiger charge is 2.33. The maximum atomic E-state index is 12.6. The van der Waals surface area contributed by atoms with Crippen LogP contribution in [-0.2, 0) is 14.8 Å². The fraction of sp³-hybridized carbons (Fsp3) is 0.722. The number of rotatable bonds is 6. The van der Waals surface area contributed by atoms with Crippen molar-refractivity contribution >= 4 is 27.3 Å². The average molecular weight is 385 g/mol. The maximum Gasteiger partial charge on any atom is 0.252 e. The summed E-state index contributed by atoms with van der Waals surface area (Å²) in [7, 11) is -3.45. The monoisotopic (exact) mass is 384 g/mol. The minimum absolute atomic E-state index is 0.0156. The summed E-state index contributed by atoms with van der Waals surface area (Å²) >= 11 is 1.23. The molecule has 5 nitrogen and oxygen atoms in total. The quantitative estimate of drug-likeness (QED) is 0.819. The van der Waals surface area contributed by atoms with Gasteiger partial charge in [-0.05, 0) is 36.6 Å². The Labute approximate surface area is 154 Å². The second kappa shape index (κ2) is 8.64. The Hall–Kier alpha value is -0.920. The van der Waals surface area contributed by atoms with Crippen molar-refractivity contribution in [1.29, 1.82) is 0 Å². The molecule has 2 aliphatic rings. The number of sulfonamides is 1. The highest BCUT2D eigenvalue weighted by Crippen LogP contribution is 2.27. The molecule has 2 fully saturated rings. The Morgan fingerprint density at radius 3 is 2.72 bits per heavy atom. The minimum Gasteiger partial charge on any atom is -0.356 e. The summed E-state index contributed by atoms with van der Waals surface area (Å²) in [5, 5.41) is 4.82. The number of hydrogen-bond donors (Lipinski definition) is 1. The van der Waals surface area contributed by atoms with Gasteiger partial charge >= 0.3 is 0 Å². The van der Waals surface area contributed by atoms with Gasteiger partial charge in [-0.3, -0.25) is 4.79 Å². The van der Waals surface area contributed by atoms with Crippen LogP contribution in [0.15, 0.2) is 21.7 Å². The Kier molecular flexibility index (Phi) is 6.52. The van der Waals surface area contributed by atoms with Crippen LogP contribution in [0.25, 0.3) is 0 Å². The lowest BCUT2D eigenvalue weighted by Crippen LogP contribution is -2.45. The number of nitrogens with one attached hydrogen (secondary N) is 1. The molecule has 0 aromatic carbocycles. The van der Waals surface area contributed by atoms with E-state index in [0.717, 1.165) is 31.7 Å². The molecule has 1 aromatic rings. The lowest BCUT2D eigenvalue weighted by atomic mass is 9.87. The van der Waals surface area contributed by atoms with E-state index in [1.54, 1.807) is 17.5 Å². The van der Waals surface area contributed by atoms with Crippen LogP contribution < -0.4 is 5.32 Å². The molecule has 1 saturated heterocycles. The van der Waals surface area contributed by atoms with Gasteiger partial charge in [0.05, 0.1) is 5.92 Å². The molecule has 0 spiro atoms. The fourth-order valence-electron chi connectivity index (χ4n) is 3.93. The summed E-state index contributed by atoms with van der Waals surface area (Å²) in [4.78, 5) is 12.5. The van der Waals surface area contributed by atoms with E-state index in [1.807, 2.05) is 0 Å². The third-order valence-electron chi connectivity index (χ3n) is 5.42. The van der Waals surface area contributed by atoms with Crippen LogP contribution in [-0.4, -0.2) is 38.3 Å². The number of thiophene rings is 1. The van der Waals surface area contributed by atoms with E-state index >= 15 is 0 Å². The van der Waals surface area contributed by atoms with Crippen molar-refractivity contribution < 1.29 is 13.2 Å². The molecule has 2 heterocycles. The standard InChI is InChI=1S/C18H28N2O3S2/c21-18(19-11-10-15-6-2-1-3-7-15)16-8-4-12-20(14-16)25(22,23)17-9-5-13-24-17/h5,9,13,15-16H,1-4,6-8,10-12,14H2,(H,19,21). The van der Waals surface area contributed by atoms with Gasteiger partial charge in [0, 0.05) is 19.6 Å². The number of nitrogens with zero attached hydrogens (tertiary/aromatic N) is 1. The summed E-state index contributed by atoms with van der Waals surface area (Å²) in [6.45, 7) is 1.53. The molecule has 0 bridgehead atoms. The van der Waals surface area contributed by atoms with Crippen LogP contribution in [0.1, 0.15) is 51.4 Å². The molecule has 1 amide bonds. The molecule has 1 aliphatic carbocycles. The van der Waals surface area contributed by atoms with Crippen molar-refractivity contribution in [3.8, 4) is 0 Å². The minimum atomic E-state index is -3.45. The molecular weight excluding hydrogens is 356 g/mol. The first-order valence-corrected chi connectivity index (χ1v) is 11.7. The third-order valence-corrected chi connectivity index (χ3v) is 8.66. The van der Waals surface area contributed by atoms with Gasteiger partial charge in [0.15, 0.2) is 0 Å². The molecule has 25 heavy (non-hydrogen) atoms. The van der Waals surface area contributed by atoms with E-state index in [-0.39, 0.29) is 11.8 Å². The highest BCUT2D eigenvalue weighted by molar-refractivity contribution is 7.91. The molecule has 140 valence electrons. The maximum absolute atomic E-state index is 12.6. The van der Waals surface area contributed by atoms with Gasteiger partial charge in [-0.1, -0.05) is 38.2 Å². The molecule has 1 saturated carbocycles. The van der Waals surface area contributed by atoms with Crippen LogP contribution in [0.3, 0.4) is 0 Å². The normalized spacial score (nSPS) is 23.4. The first kappa shape index (κ1) is 18.9. The first-order valence-electron chi connectivity index (χ1n) is 9.39. The summed E-state index contributed by atoms with van der Waals surface area (Å²) < 4.78 is 27.1. The van der Waals surface area contributed by atoms with Crippen molar-refractivity contribution in [1.82, 2.24) is 9.62 Å². The fourth-order valence-corrected chi connectivity index (χ4v) is 6.60. The second-order valence-electron chi connectivity index (χ2n) is 7.22. The van der Waals surface area contributed by atoms with Crippen LogP contribution in [0.2, 0.25) is 0 Å². The van der Waals surface area contributed by atoms with Crippen LogP contribution in [0, 0.1) is 11.8 Å². The Morgan fingerprint density at radius 1 is 1.20 bits per heavy atom. The number of hydrogen-bond acceptors (Lipinski definition) is 4. The smallest absolute Gasteiger partial charge is 0.252 e. The predicted molar refractivity (Wildman–Crippen MR) is 100 cm³/mol. The zero-order valence-electron chi connectivity index (χ0n) is 14.7. The van der Waals surface area contributed by atoms with Crippen molar-refractivity contribution in [2.45, 2.75) is 55.6 Å². The molecular formula is C18H28N2O3S2. The van der Waals surface area contributed by atoms with Gasteiger partial charge in [-0.2, -0.15) is 4.31 Å². The van der Waals surface area contributed by atoms with Crippen molar-refractivity contribution in [3.63, 3.8) is 0 Å². The zero-order valence-corrected chi connectivity index (χ0v) is 16.3. The summed E-state index contributed by atoms with van der Waals surface area (Å²) in [5.41, 5.74) is 0. The topological polar surface area (TPSA) is 66.5 Å². The lowest BCUT2D eigenvalue weighted by molar-refractivity contribution is -0.126. The largest absolute Gasteiger partial charge is 0.356 e. The Bertz CT molecular complexity index is 652. The summed E-state index contributed by atoms with van der Waals surface area (Å²) in [6, 6.07) is 3.38. The molecule has 1 atom stereocenters. The zero-order chi connectivity index (χ0) is 17.7. The molecule has 1 aliphatic heterocycles. The van der Waals surface area contributed by atoms with E-state index < -0.39 is 10.0 Å². The van der Waals surface area contributed by atoms with E-state index in [1.165, 1.54) is 47.7 Å². The molecule has 1 aromatic heterocycles. The highest BCUT2D eigenvalue weighted by atomic mass is 32.2. The van der Waals surface area contributed by atoms with Gasteiger partial charge in [-0.25, -0.2) is 8.42 Å². The van der Waals surface area contributed by atoms with Gasteiger partial charge < -0.3 is 5.32 Å². The second-order valence-corrected chi connectivity index (χ2v) is 10.3. The van der Waals surface area contributed by atoms with Gasteiger partial charge in [-0.15, -0.1) is 11.3 Å². The van der Waals surface area contributed by atoms with Crippen molar-refractivity contribution in [2.24, 2.45) is 11.8 Å². The van der Waals surface area contributed by atoms with Gasteiger partial charge in [0.25, 0.3) is 10.0 Å². The number of carbonyl (C=O) groups is 1. The third kappa shape index (κ3) is 4.83. The van der Waals surface area contributed by atoms with E-state index in [9.17, 15) is 13.2 Å². The number of carbonyl (C=O) groups excluding carboxylic acids is 1. The van der Waals surface area contributed by atoms with Crippen molar-refractivity contribution in [3.05, 3.63) is 17.5 Å². The molecule has 1 N–H and O–H groups in total. The van der Waals surface area contributed by atoms with E-state index in [2.05, 4.69) is 5.32 Å². The Balaban J connectivity index is 1.49. The van der Waals surface area contributed by atoms with Gasteiger partial charge in [0.1, 0.15) is 4.21 Å². The molecule has 3 rings (SSSR count).